The first-order chi connectivity index (χ1) is 8.43. The van der Waals surface area contributed by atoms with Crippen molar-refractivity contribution in [2.75, 3.05) is 13.6 Å². The predicted molar refractivity (Wildman–Crippen MR) is 69.1 cm³/mol. The summed E-state index contributed by atoms with van der Waals surface area (Å²) in [5, 5.41) is 8.54. The molecule has 1 aliphatic rings. The van der Waals surface area contributed by atoms with Gasteiger partial charge in [-0.05, 0) is 19.3 Å². The number of carboxylic acid groups (broad SMARTS) is 1. The highest BCUT2D eigenvalue weighted by molar-refractivity contribution is 5.77. The lowest BCUT2D eigenvalue weighted by Gasteiger charge is -2.34. The van der Waals surface area contributed by atoms with Crippen molar-refractivity contribution in [3.63, 3.8) is 0 Å². The molecule has 0 heterocycles. The summed E-state index contributed by atoms with van der Waals surface area (Å²) in [5.74, 6) is -0.789. The molecule has 3 N–H and O–H groups in total. The highest BCUT2D eigenvalue weighted by Gasteiger charge is 2.30. The molecular weight excluding hydrogens is 232 g/mol. The lowest BCUT2D eigenvalue weighted by molar-refractivity contribution is -0.138. The van der Waals surface area contributed by atoms with Crippen LogP contribution in [0, 0.1) is 0 Å². The molecule has 0 aromatic heterocycles. The van der Waals surface area contributed by atoms with Gasteiger partial charge in [0.25, 0.3) is 0 Å². The zero-order valence-electron chi connectivity index (χ0n) is 11.2. The Morgan fingerprint density at radius 2 is 1.89 bits per heavy atom. The predicted octanol–water partition coefficient (Wildman–Crippen LogP) is 1.36. The maximum atomic E-state index is 12.0. The van der Waals surface area contributed by atoms with Crippen LogP contribution in [0.4, 0.5) is 0 Å². The van der Waals surface area contributed by atoms with Gasteiger partial charge in [-0.2, -0.15) is 0 Å². The summed E-state index contributed by atoms with van der Waals surface area (Å²) in [4.78, 5) is 24.0. The lowest BCUT2D eigenvalue weighted by atomic mass is 9.80. The van der Waals surface area contributed by atoms with E-state index in [0.717, 1.165) is 25.7 Å². The second-order valence-electron chi connectivity index (χ2n) is 5.41. The van der Waals surface area contributed by atoms with E-state index in [1.54, 1.807) is 11.9 Å². The molecule has 1 aliphatic carbocycles. The van der Waals surface area contributed by atoms with Crippen molar-refractivity contribution in [2.45, 2.75) is 56.9 Å². The van der Waals surface area contributed by atoms with Crippen LogP contribution in [-0.4, -0.2) is 41.0 Å². The third-order valence-electron chi connectivity index (χ3n) is 3.66. The minimum Gasteiger partial charge on any atom is -0.481 e. The molecule has 5 heteroatoms. The minimum atomic E-state index is -0.821. The normalized spacial score (nSPS) is 18.3. The van der Waals surface area contributed by atoms with E-state index in [4.69, 9.17) is 10.8 Å². The topological polar surface area (TPSA) is 83.6 Å². The van der Waals surface area contributed by atoms with E-state index in [1.807, 2.05) is 0 Å². The second kappa shape index (κ2) is 6.73. The summed E-state index contributed by atoms with van der Waals surface area (Å²) >= 11 is 0. The Hall–Kier alpha value is -1.10. The van der Waals surface area contributed by atoms with E-state index in [0.29, 0.717) is 19.4 Å². The third kappa shape index (κ3) is 5.04. The largest absolute Gasteiger partial charge is 0.481 e. The smallest absolute Gasteiger partial charge is 0.303 e. The van der Waals surface area contributed by atoms with Crippen LogP contribution in [0.2, 0.25) is 0 Å². The molecule has 104 valence electrons. The number of hydrogen-bond donors (Lipinski definition) is 2. The van der Waals surface area contributed by atoms with Gasteiger partial charge in [0.2, 0.25) is 5.91 Å². The molecule has 0 bridgehead atoms. The first kappa shape index (κ1) is 15.0. The molecule has 0 radical (unpaired) electrons. The van der Waals surface area contributed by atoms with Gasteiger partial charge < -0.3 is 15.7 Å². The zero-order valence-corrected chi connectivity index (χ0v) is 11.2. The molecule has 0 atom stereocenters. The van der Waals surface area contributed by atoms with Gasteiger partial charge in [0.05, 0.1) is 0 Å². The van der Waals surface area contributed by atoms with Gasteiger partial charge in [-0.1, -0.05) is 19.3 Å². The van der Waals surface area contributed by atoms with Crippen LogP contribution < -0.4 is 5.73 Å². The molecule has 0 saturated heterocycles. The van der Waals surface area contributed by atoms with Crippen molar-refractivity contribution in [3.05, 3.63) is 0 Å². The van der Waals surface area contributed by atoms with Crippen molar-refractivity contribution in [3.8, 4) is 0 Å². The van der Waals surface area contributed by atoms with Gasteiger partial charge in [0, 0.05) is 32.0 Å². The molecule has 1 amide bonds. The maximum absolute atomic E-state index is 12.0. The van der Waals surface area contributed by atoms with E-state index in [-0.39, 0.29) is 17.9 Å². The Morgan fingerprint density at radius 3 is 2.44 bits per heavy atom. The molecule has 0 aliphatic heterocycles. The van der Waals surface area contributed by atoms with Gasteiger partial charge >= 0.3 is 5.97 Å². The van der Waals surface area contributed by atoms with Crippen LogP contribution in [0.5, 0.6) is 0 Å². The standard InChI is InChI=1S/C13H24N2O3/c1-15(9-5-6-12(17)18)11(16)10-13(14)7-3-2-4-8-13/h2-10,14H2,1H3,(H,17,18). The first-order valence-corrected chi connectivity index (χ1v) is 6.68. The van der Waals surface area contributed by atoms with Gasteiger partial charge in [-0.15, -0.1) is 0 Å². The summed E-state index contributed by atoms with van der Waals surface area (Å²) in [6.45, 7) is 0.487. The molecule has 0 spiro atoms. The number of amides is 1. The number of aliphatic carboxylic acids is 1. The van der Waals surface area contributed by atoms with E-state index in [1.165, 1.54) is 6.42 Å². The van der Waals surface area contributed by atoms with Gasteiger partial charge in [-0.3, -0.25) is 9.59 Å². The number of carboxylic acids is 1. The molecule has 5 nitrogen and oxygen atoms in total. The van der Waals surface area contributed by atoms with E-state index < -0.39 is 5.97 Å². The summed E-state index contributed by atoms with van der Waals surface area (Å²) in [6, 6.07) is 0. The molecule has 0 aromatic rings. The number of carbonyl (C=O) groups excluding carboxylic acids is 1. The maximum Gasteiger partial charge on any atom is 0.303 e. The van der Waals surface area contributed by atoms with E-state index >= 15 is 0 Å². The highest BCUT2D eigenvalue weighted by atomic mass is 16.4. The second-order valence-corrected chi connectivity index (χ2v) is 5.41. The highest BCUT2D eigenvalue weighted by Crippen LogP contribution is 2.29. The summed E-state index contributed by atoms with van der Waals surface area (Å²) < 4.78 is 0. The fourth-order valence-corrected chi connectivity index (χ4v) is 2.46. The van der Waals surface area contributed by atoms with E-state index in [9.17, 15) is 9.59 Å². The number of carbonyl (C=O) groups is 2. The molecule has 0 aromatic carbocycles. The van der Waals surface area contributed by atoms with Crippen molar-refractivity contribution in [1.82, 2.24) is 4.90 Å². The van der Waals surface area contributed by atoms with Crippen LogP contribution in [0.15, 0.2) is 0 Å². The minimum absolute atomic E-state index is 0.0322. The van der Waals surface area contributed by atoms with Crippen molar-refractivity contribution >= 4 is 11.9 Å². The average molecular weight is 256 g/mol. The number of nitrogens with two attached hydrogens (primary N) is 1. The van der Waals surface area contributed by atoms with Crippen LogP contribution >= 0.6 is 0 Å². The SMILES string of the molecule is CN(CCCC(=O)O)C(=O)CC1(N)CCCCC1. The summed E-state index contributed by atoms with van der Waals surface area (Å²) in [7, 11) is 1.72. The Balaban J connectivity index is 2.32. The van der Waals surface area contributed by atoms with Crippen LogP contribution in [0.3, 0.4) is 0 Å². The summed E-state index contributed by atoms with van der Waals surface area (Å²) in [5.41, 5.74) is 5.90. The Kier molecular flexibility index (Phi) is 5.59. The molecule has 1 saturated carbocycles. The fourth-order valence-electron chi connectivity index (χ4n) is 2.46. The van der Waals surface area contributed by atoms with Crippen molar-refractivity contribution < 1.29 is 14.7 Å². The summed E-state index contributed by atoms with van der Waals surface area (Å²) in [6.07, 6.45) is 6.24. The quantitative estimate of drug-likeness (QED) is 0.751. The van der Waals surface area contributed by atoms with Gasteiger partial charge in [0.15, 0.2) is 0 Å². The third-order valence-corrected chi connectivity index (χ3v) is 3.66. The number of hydrogen-bond acceptors (Lipinski definition) is 3. The van der Waals surface area contributed by atoms with Crippen LogP contribution in [-0.2, 0) is 9.59 Å². The fraction of sp³-hybridized carbons (Fsp3) is 0.846. The number of nitrogens with zero attached hydrogens (tertiary/aromatic N) is 1. The van der Waals surface area contributed by atoms with E-state index in [2.05, 4.69) is 0 Å². The Morgan fingerprint density at radius 1 is 1.28 bits per heavy atom. The number of rotatable bonds is 6. The molecular formula is C13H24N2O3. The lowest BCUT2D eigenvalue weighted by Crippen LogP contribution is -2.46. The molecule has 1 rings (SSSR count). The average Bonchev–Trinajstić information content (AvgIpc) is 2.28. The van der Waals surface area contributed by atoms with Gasteiger partial charge in [0.1, 0.15) is 0 Å². The van der Waals surface area contributed by atoms with Gasteiger partial charge in [-0.25, -0.2) is 0 Å². The first-order valence-electron chi connectivity index (χ1n) is 6.68. The zero-order chi connectivity index (χ0) is 13.6. The Bertz CT molecular complexity index is 299. The molecule has 18 heavy (non-hydrogen) atoms. The molecule has 0 unspecified atom stereocenters. The van der Waals surface area contributed by atoms with Crippen LogP contribution in [0.25, 0.3) is 0 Å². The Labute approximate surface area is 108 Å². The van der Waals surface area contributed by atoms with Crippen LogP contribution in [0.1, 0.15) is 51.4 Å². The van der Waals surface area contributed by atoms with Crippen molar-refractivity contribution in [2.24, 2.45) is 5.73 Å². The molecule has 1 fully saturated rings. The monoisotopic (exact) mass is 256 g/mol. The van der Waals surface area contributed by atoms with Crippen molar-refractivity contribution in [1.29, 1.82) is 0 Å².